The van der Waals surface area contributed by atoms with Crippen LogP contribution in [0.25, 0.3) is 0 Å². The predicted molar refractivity (Wildman–Crippen MR) is 71.1 cm³/mol. The number of carbonyl (C=O) groups excluding carboxylic acids is 1. The Morgan fingerprint density at radius 3 is 3.05 bits per heavy atom. The van der Waals surface area contributed by atoms with Crippen molar-refractivity contribution in [2.45, 2.75) is 32.4 Å². The SMILES string of the molecule is CC1CCNC(C(=O)NCc2nc(C(=O)O)cs2)C1. The zero-order chi connectivity index (χ0) is 13.8. The third-order valence-electron chi connectivity index (χ3n) is 3.17. The van der Waals surface area contributed by atoms with E-state index in [1.165, 1.54) is 16.7 Å². The van der Waals surface area contributed by atoms with Gasteiger partial charge in [0.15, 0.2) is 5.69 Å². The quantitative estimate of drug-likeness (QED) is 0.762. The van der Waals surface area contributed by atoms with E-state index in [0.29, 0.717) is 10.9 Å². The lowest BCUT2D eigenvalue weighted by Gasteiger charge is -2.27. The van der Waals surface area contributed by atoms with Gasteiger partial charge in [0.1, 0.15) is 5.01 Å². The van der Waals surface area contributed by atoms with E-state index in [1.807, 2.05) is 0 Å². The number of aromatic carboxylic acids is 1. The summed E-state index contributed by atoms with van der Waals surface area (Å²) in [6.07, 6.45) is 1.93. The molecule has 0 aliphatic carbocycles. The maximum atomic E-state index is 11.9. The monoisotopic (exact) mass is 283 g/mol. The zero-order valence-electron chi connectivity index (χ0n) is 10.7. The van der Waals surface area contributed by atoms with Gasteiger partial charge >= 0.3 is 5.97 Å². The second-order valence-corrected chi connectivity index (χ2v) is 5.73. The van der Waals surface area contributed by atoms with Crippen molar-refractivity contribution in [2.24, 2.45) is 5.92 Å². The molecule has 1 amide bonds. The first-order chi connectivity index (χ1) is 9.06. The number of hydrogen-bond donors (Lipinski definition) is 3. The molecule has 3 N–H and O–H groups in total. The van der Waals surface area contributed by atoms with Crippen LogP contribution in [0.5, 0.6) is 0 Å². The molecule has 2 heterocycles. The molecular weight excluding hydrogens is 266 g/mol. The summed E-state index contributed by atoms with van der Waals surface area (Å²) >= 11 is 1.24. The number of piperidine rings is 1. The van der Waals surface area contributed by atoms with E-state index in [2.05, 4.69) is 22.5 Å². The van der Waals surface area contributed by atoms with Crippen molar-refractivity contribution in [1.29, 1.82) is 0 Å². The second-order valence-electron chi connectivity index (χ2n) is 4.79. The lowest BCUT2D eigenvalue weighted by molar-refractivity contribution is -0.124. The van der Waals surface area contributed by atoms with Gasteiger partial charge in [0, 0.05) is 5.38 Å². The molecule has 1 aliphatic rings. The predicted octanol–water partition coefficient (Wildman–Crippen LogP) is 0.846. The molecule has 2 atom stereocenters. The summed E-state index contributed by atoms with van der Waals surface area (Å²) < 4.78 is 0. The number of carbonyl (C=O) groups is 2. The Morgan fingerprint density at radius 2 is 2.42 bits per heavy atom. The lowest BCUT2D eigenvalue weighted by atomic mass is 9.94. The fourth-order valence-corrected chi connectivity index (χ4v) is 2.79. The molecular formula is C12H17N3O3S. The Labute approximate surface area is 115 Å². The highest BCUT2D eigenvalue weighted by molar-refractivity contribution is 7.09. The summed E-state index contributed by atoms with van der Waals surface area (Å²) in [6, 6.07) is -0.150. The minimum atomic E-state index is -1.04. The van der Waals surface area contributed by atoms with Crippen molar-refractivity contribution < 1.29 is 14.7 Å². The van der Waals surface area contributed by atoms with Crippen LogP contribution in [0.2, 0.25) is 0 Å². The van der Waals surface area contributed by atoms with Crippen LogP contribution < -0.4 is 10.6 Å². The molecule has 19 heavy (non-hydrogen) atoms. The number of hydrogen-bond acceptors (Lipinski definition) is 5. The van der Waals surface area contributed by atoms with Crippen LogP contribution in [0.15, 0.2) is 5.38 Å². The first kappa shape index (κ1) is 14.0. The molecule has 0 bridgehead atoms. The normalized spacial score (nSPS) is 23.0. The highest BCUT2D eigenvalue weighted by Gasteiger charge is 2.24. The van der Waals surface area contributed by atoms with Gasteiger partial charge in [0.2, 0.25) is 5.91 Å². The summed E-state index contributed by atoms with van der Waals surface area (Å²) in [7, 11) is 0. The number of carboxylic acids is 1. The topological polar surface area (TPSA) is 91.3 Å². The molecule has 1 saturated heterocycles. The molecule has 1 aromatic rings. The molecule has 0 aromatic carbocycles. The van der Waals surface area contributed by atoms with E-state index in [1.54, 1.807) is 0 Å². The number of carboxylic acid groups (broad SMARTS) is 1. The summed E-state index contributed by atoms with van der Waals surface area (Å²) in [6.45, 7) is 3.28. The summed E-state index contributed by atoms with van der Waals surface area (Å²) in [4.78, 5) is 26.6. The van der Waals surface area contributed by atoms with Crippen molar-refractivity contribution >= 4 is 23.2 Å². The van der Waals surface area contributed by atoms with Crippen molar-refractivity contribution in [3.05, 3.63) is 16.1 Å². The standard InChI is InChI=1S/C12H17N3O3S/c1-7-2-3-13-8(4-7)11(16)14-5-10-15-9(6-19-10)12(17)18/h6-8,13H,2-5H2,1H3,(H,14,16)(H,17,18). The van der Waals surface area contributed by atoms with E-state index in [9.17, 15) is 9.59 Å². The third kappa shape index (κ3) is 3.74. The van der Waals surface area contributed by atoms with E-state index < -0.39 is 5.97 Å². The van der Waals surface area contributed by atoms with Gasteiger partial charge in [-0.05, 0) is 25.3 Å². The number of rotatable bonds is 4. The van der Waals surface area contributed by atoms with Crippen LogP contribution in [0, 0.1) is 5.92 Å². The molecule has 1 aromatic heterocycles. The van der Waals surface area contributed by atoms with Crippen molar-refractivity contribution in [1.82, 2.24) is 15.6 Å². The molecule has 7 heteroatoms. The van der Waals surface area contributed by atoms with Gasteiger partial charge in [-0.3, -0.25) is 4.79 Å². The third-order valence-corrected chi connectivity index (χ3v) is 4.02. The number of aromatic nitrogens is 1. The van der Waals surface area contributed by atoms with Crippen molar-refractivity contribution in [3.8, 4) is 0 Å². The Kier molecular flexibility index (Phi) is 4.49. The van der Waals surface area contributed by atoms with Gasteiger partial charge in [-0.1, -0.05) is 6.92 Å². The summed E-state index contributed by atoms with van der Waals surface area (Å²) in [5.74, 6) is -0.536. The fourth-order valence-electron chi connectivity index (χ4n) is 2.08. The van der Waals surface area contributed by atoms with E-state index in [0.717, 1.165) is 19.4 Å². The first-order valence-corrected chi connectivity index (χ1v) is 7.13. The summed E-state index contributed by atoms with van der Waals surface area (Å²) in [5.41, 5.74) is 0.0265. The minimum Gasteiger partial charge on any atom is -0.476 e. The Balaban J connectivity index is 1.84. The van der Waals surface area contributed by atoms with Crippen LogP contribution >= 0.6 is 11.3 Å². The fraction of sp³-hybridized carbons (Fsp3) is 0.583. The Bertz CT molecular complexity index is 475. The van der Waals surface area contributed by atoms with Gasteiger partial charge < -0.3 is 15.7 Å². The minimum absolute atomic E-state index is 0.0265. The highest BCUT2D eigenvalue weighted by Crippen LogP contribution is 2.15. The van der Waals surface area contributed by atoms with Crippen LogP contribution in [0.3, 0.4) is 0 Å². The molecule has 0 saturated carbocycles. The van der Waals surface area contributed by atoms with E-state index in [4.69, 9.17) is 5.11 Å². The molecule has 2 unspecified atom stereocenters. The molecule has 0 radical (unpaired) electrons. The number of amides is 1. The van der Waals surface area contributed by atoms with Gasteiger partial charge in [-0.25, -0.2) is 9.78 Å². The van der Waals surface area contributed by atoms with E-state index >= 15 is 0 Å². The molecule has 1 aliphatic heterocycles. The average Bonchev–Trinajstić information content (AvgIpc) is 2.85. The molecule has 2 rings (SSSR count). The van der Waals surface area contributed by atoms with Crippen LogP contribution in [-0.4, -0.2) is 34.6 Å². The molecule has 104 valence electrons. The average molecular weight is 283 g/mol. The Hall–Kier alpha value is -1.47. The first-order valence-electron chi connectivity index (χ1n) is 6.25. The van der Waals surface area contributed by atoms with Crippen LogP contribution in [-0.2, 0) is 11.3 Å². The summed E-state index contributed by atoms with van der Waals surface area (Å²) in [5, 5.41) is 16.8. The Morgan fingerprint density at radius 1 is 1.63 bits per heavy atom. The molecule has 1 fully saturated rings. The number of thiazole rings is 1. The number of nitrogens with one attached hydrogen (secondary N) is 2. The van der Waals surface area contributed by atoms with Gasteiger partial charge in [0.05, 0.1) is 12.6 Å². The zero-order valence-corrected chi connectivity index (χ0v) is 11.5. The maximum Gasteiger partial charge on any atom is 0.355 e. The van der Waals surface area contributed by atoms with Crippen LogP contribution in [0.4, 0.5) is 0 Å². The smallest absolute Gasteiger partial charge is 0.355 e. The van der Waals surface area contributed by atoms with E-state index in [-0.39, 0.29) is 24.2 Å². The number of nitrogens with zero attached hydrogens (tertiary/aromatic N) is 1. The largest absolute Gasteiger partial charge is 0.476 e. The maximum absolute atomic E-state index is 11.9. The van der Waals surface area contributed by atoms with Crippen molar-refractivity contribution in [2.75, 3.05) is 6.54 Å². The molecule has 0 spiro atoms. The van der Waals surface area contributed by atoms with Crippen LogP contribution in [0.1, 0.15) is 35.3 Å². The van der Waals surface area contributed by atoms with Gasteiger partial charge in [0.25, 0.3) is 0 Å². The van der Waals surface area contributed by atoms with Gasteiger partial charge in [-0.2, -0.15) is 0 Å². The van der Waals surface area contributed by atoms with Crippen molar-refractivity contribution in [3.63, 3.8) is 0 Å². The lowest BCUT2D eigenvalue weighted by Crippen LogP contribution is -2.48. The second kappa shape index (κ2) is 6.12. The highest BCUT2D eigenvalue weighted by atomic mass is 32.1. The van der Waals surface area contributed by atoms with Gasteiger partial charge in [-0.15, -0.1) is 11.3 Å². The molecule has 6 nitrogen and oxygen atoms in total.